The molecule has 0 unspecified atom stereocenters. The van der Waals surface area contributed by atoms with Crippen LogP contribution in [0.4, 0.5) is 20.6 Å². The SMILES string of the molecule is Cc1ccc(OCCC(=O)Nc2ccc(F)c(NC(=O)OC(C)(C)C)c2)cc1C. The topological polar surface area (TPSA) is 76.7 Å². The fourth-order valence-corrected chi connectivity index (χ4v) is 2.40. The van der Waals surface area contributed by atoms with E-state index in [9.17, 15) is 14.0 Å². The summed E-state index contributed by atoms with van der Waals surface area (Å²) in [6.07, 6.45) is -0.652. The van der Waals surface area contributed by atoms with E-state index in [1.807, 2.05) is 32.0 Å². The molecule has 0 aliphatic carbocycles. The quantitative estimate of drug-likeness (QED) is 0.696. The first kappa shape index (κ1) is 22.2. The van der Waals surface area contributed by atoms with Gasteiger partial charge in [-0.1, -0.05) is 6.07 Å². The van der Waals surface area contributed by atoms with Crippen LogP contribution in [0.25, 0.3) is 0 Å². The molecule has 0 aromatic heterocycles. The first-order chi connectivity index (χ1) is 13.5. The van der Waals surface area contributed by atoms with E-state index in [1.165, 1.54) is 17.7 Å². The number of benzene rings is 2. The van der Waals surface area contributed by atoms with Crippen molar-refractivity contribution in [1.82, 2.24) is 0 Å². The highest BCUT2D eigenvalue weighted by Crippen LogP contribution is 2.21. The van der Waals surface area contributed by atoms with Gasteiger partial charge in [-0.2, -0.15) is 0 Å². The van der Waals surface area contributed by atoms with Gasteiger partial charge in [0.25, 0.3) is 0 Å². The fraction of sp³-hybridized carbons (Fsp3) is 0.364. The molecule has 2 rings (SSSR count). The molecular weight excluding hydrogens is 375 g/mol. The number of aryl methyl sites for hydroxylation is 2. The summed E-state index contributed by atoms with van der Waals surface area (Å²) in [5.74, 6) is -0.220. The highest BCUT2D eigenvalue weighted by atomic mass is 19.1. The standard InChI is InChI=1S/C22H27FN2O4/c1-14-6-8-17(12-15(14)2)28-11-10-20(26)24-16-7-9-18(23)19(13-16)25-21(27)29-22(3,4)5/h6-9,12-13H,10-11H2,1-5H3,(H,24,26)(H,25,27). The molecule has 29 heavy (non-hydrogen) atoms. The first-order valence-corrected chi connectivity index (χ1v) is 9.33. The summed E-state index contributed by atoms with van der Waals surface area (Å²) in [5, 5.41) is 5.00. The number of halogens is 1. The van der Waals surface area contributed by atoms with Crippen molar-refractivity contribution in [2.75, 3.05) is 17.2 Å². The third kappa shape index (κ3) is 7.44. The number of carbonyl (C=O) groups is 2. The summed E-state index contributed by atoms with van der Waals surface area (Å²) in [5.41, 5.74) is 1.85. The Morgan fingerprint density at radius 3 is 2.38 bits per heavy atom. The highest BCUT2D eigenvalue weighted by Gasteiger charge is 2.17. The van der Waals surface area contributed by atoms with E-state index in [0.29, 0.717) is 11.4 Å². The van der Waals surface area contributed by atoms with Gasteiger partial charge in [-0.15, -0.1) is 0 Å². The van der Waals surface area contributed by atoms with Crippen molar-refractivity contribution in [3.8, 4) is 5.75 Å². The van der Waals surface area contributed by atoms with E-state index in [2.05, 4.69) is 10.6 Å². The molecule has 7 heteroatoms. The van der Waals surface area contributed by atoms with Crippen molar-refractivity contribution in [3.05, 3.63) is 53.3 Å². The highest BCUT2D eigenvalue weighted by molar-refractivity contribution is 5.92. The minimum Gasteiger partial charge on any atom is -0.493 e. The molecular formula is C22H27FN2O4. The Balaban J connectivity index is 1.89. The van der Waals surface area contributed by atoms with Gasteiger partial charge in [0.1, 0.15) is 17.2 Å². The Morgan fingerprint density at radius 1 is 1.00 bits per heavy atom. The van der Waals surface area contributed by atoms with Crippen LogP contribution in [-0.2, 0) is 9.53 Å². The lowest BCUT2D eigenvalue weighted by Gasteiger charge is -2.20. The number of rotatable bonds is 6. The van der Waals surface area contributed by atoms with Crippen molar-refractivity contribution >= 4 is 23.4 Å². The molecule has 0 spiro atoms. The number of hydrogen-bond donors (Lipinski definition) is 2. The van der Waals surface area contributed by atoms with Gasteiger partial charge < -0.3 is 14.8 Å². The molecule has 2 aromatic rings. The zero-order valence-electron chi connectivity index (χ0n) is 17.4. The first-order valence-electron chi connectivity index (χ1n) is 9.33. The van der Waals surface area contributed by atoms with Gasteiger partial charge in [-0.05, 0) is 76.1 Å². The number of anilines is 2. The second-order valence-corrected chi connectivity index (χ2v) is 7.71. The van der Waals surface area contributed by atoms with Gasteiger partial charge in [0.05, 0.1) is 18.7 Å². The minimum atomic E-state index is -0.776. The molecule has 2 N–H and O–H groups in total. The number of nitrogens with one attached hydrogen (secondary N) is 2. The lowest BCUT2D eigenvalue weighted by Crippen LogP contribution is -2.27. The Kier molecular flexibility index (Phi) is 7.20. The van der Waals surface area contributed by atoms with Crippen LogP contribution in [0.1, 0.15) is 38.3 Å². The fourth-order valence-electron chi connectivity index (χ4n) is 2.40. The largest absolute Gasteiger partial charge is 0.493 e. The predicted octanol–water partition coefficient (Wildman–Crippen LogP) is 5.20. The third-order valence-electron chi connectivity index (χ3n) is 3.96. The summed E-state index contributed by atoms with van der Waals surface area (Å²) < 4.78 is 24.7. The average Bonchev–Trinajstić information content (AvgIpc) is 2.59. The summed E-state index contributed by atoms with van der Waals surface area (Å²) in [6, 6.07) is 9.64. The second-order valence-electron chi connectivity index (χ2n) is 7.71. The van der Waals surface area contributed by atoms with E-state index >= 15 is 0 Å². The van der Waals surface area contributed by atoms with Gasteiger partial charge in [-0.25, -0.2) is 9.18 Å². The molecule has 0 fully saturated rings. The average molecular weight is 402 g/mol. The Labute approximate surface area is 170 Å². The van der Waals surface area contributed by atoms with Crippen LogP contribution >= 0.6 is 0 Å². The molecule has 0 heterocycles. The molecule has 0 atom stereocenters. The van der Waals surface area contributed by atoms with Gasteiger partial charge in [0, 0.05) is 5.69 Å². The van der Waals surface area contributed by atoms with Crippen LogP contribution in [0.2, 0.25) is 0 Å². The summed E-state index contributed by atoms with van der Waals surface area (Å²) >= 11 is 0. The van der Waals surface area contributed by atoms with E-state index in [4.69, 9.17) is 9.47 Å². The van der Waals surface area contributed by atoms with Crippen LogP contribution in [0.15, 0.2) is 36.4 Å². The molecule has 0 aliphatic heterocycles. The Bertz CT molecular complexity index is 891. The Morgan fingerprint density at radius 2 is 1.72 bits per heavy atom. The zero-order chi connectivity index (χ0) is 21.6. The van der Waals surface area contributed by atoms with Crippen molar-refractivity contribution in [2.24, 2.45) is 0 Å². The molecule has 2 aromatic carbocycles. The van der Waals surface area contributed by atoms with Crippen LogP contribution in [-0.4, -0.2) is 24.2 Å². The Hall–Kier alpha value is -3.09. The summed E-state index contributed by atoms with van der Waals surface area (Å²) in [7, 11) is 0. The number of carbonyl (C=O) groups excluding carboxylic acids is 2. The third-order valence-corrected chi connectivity index (χ3v) is 3.96. The van der Waals surface area contributed by atoms with Crippen molar-refractivity contribution in [2.45, 2.75) is 46.6 Å². The maximum absolute atomic E-state index is 13.9. The molecule has 0 aliphatic rings. The van der Waals surface area contributed by atoms with Crippen LogP contribution in [0.5, 0.6) is 5.75 Å². The number of hydrogen-bond acceptors (Lipinski definition) is 4. The van der Waals surface area contributed by atoms with Gasteiger partial charge >= 0.3 is 6.09 Å². The summed E-state index contributed by atoms with van der Waals surface area (Å²) in [6.45, 7) is 9.34. The van der Waals surface area contributed by atoms with Crippen molar-refractivity contribution in [1.29, 1.82) is 0 Å². The molecule has 0 bridgehead atoms. The minimum absolute atomic E-state index is 0.0802. The number of ether oxygens (including phenoxy) is 2. The van der Waals surface area contributed by atoms with Crippen LogP contribution in [0, 0.1) is 19.7 Å². The van der Waals surface area contributed by atoms with Crippen molar-refractivity contribution in [3.63, 3.8) is 0 Å². The van der Waals surface area contributed by atoms with Crippen LogP contribution in [0.3, 0.4) is 0 Å². The molecule has 0 saturated heterocycles. The summed E-state index contributed by atoms with van der Waals surface area (Å²) in [4.78, 5) is 24.0. The smallest absolute Gasteiger partial charge is 0.412 e. The van der Waals surface area contributed by atoms with Crippen LogP contribution < -0.4 is 15.4 Å². The maximum Gasteiger partial charge on any atom is 0.412 e. The molecule has 2 amide bonds. The maximum atomic E-state index is 13.9. The van der Waals surface area contributed by atoms with E-state index in [0.717, 1.165) is 11.6 Å². The van der Waals surface area contributed by atoms with E-state index in [-0.39, 0.29) is 24.6 Å². The van der Waals surface area contributed by atoms with Gasteiger partial charge in [0.15, 0.2) is 0 Å². The van der Waals surface area contributed by atoms with Gasteiger partial charge in [0.2, 0.25) is 5.91 Å². The molecule has 0 radical (unpaired) electrons. The molecule has 156 valence electrons. The normalized spacial score (nSPS) is 11.0. The molecule has 6 nitrogen and oxygen atoms in total. The lowest BCUT2D eigenvalue weighted by atomic mass is 10.1. The lowest BCUT2D eigenvalue weighted by molar-refractivity contribution is -0.116. The van der Waals surface area contributed by atoms with E-state index in [1.54, 1.807) is 20.8 Å². The van der Waals surface area contributed by atoms with Crippen molar-refractivity contribution < 1.29 is 23.5 Å². The second kappa shape index (κ2) is 9.41. The van der Waals surface area contributed by atoms with E-state index < -0.39 is 17.5 Å². The van der Waals surface area contributed by atoms with Gasteiger partial charge in [-0.3, -0.25) is 10.1 Å². The predicted molar refractivity (Wildman–Crippen MR) is 111 cm³/mol. The zero-order valence-corrected chi connectivity index (χ0v) is 17.4. The number of amides is 2. The monoisotopic (exact) mass is 402 g/mol. The molecule has 0 saturated carbocycles.